The smallest absolute Gasteiger partial charge is 0.344 e. The summed E-state index contributed by atoms with van der Waals surface area (Å²) in [5.41, 5.74) is 8.48. The SMILES string of the molecule is CCOC(=O)COc1ccc2c(c1)C(NNC(=S)Nc1cccc(OC)c1)=CC(C)(c1cccnc1)O2. The van der Waals surface area contributed by atoms with Crippen molar-refractivity contribution in [1.82, 2.24) is 15.8 Å². The summed E-state index contributed by atoms with van der Waals surface area (Å²) in [7, 11) is 1.61. The molecule has 0 saturated carbocycles. The number of hydrogen-bond donors (Lipinski definition) is 3. The van der Waals surface area contributed by atoms with Crippen LogP contribution in [0.4, 0.5) is 5.69 Å². The summed E-state index contributed by atoms with van der Waals surface area (Å²) in [6.07, 6.45) is 5.41. The molecular weight excluding hydrogens is 492 g/mol. The Morgan fingerprint density at radius 1 is 1.14 bits per heavy atom. The second-order valence-electron chi connectivity index (χ2n) is 8.20. The Morgan fingerprint density at radius 2 is 2.00 bits per heavy atom. The Kier molecular flexibility index (Phi) is 8.09. The average Bonchev–Trinajstić information content (AvgIpc) is 2.91. The number of nitrogens with one attached hydrogen (secondary N) is 3. The molecule has 1 aromatic heterocycles. The molecule has 4 rings (SSSR count). The van der Waals surface area contributed by atoms with Gasteiger partial charge in [-0.25, -0.2) is 4.79 Å². The lowest BCUT2D eigenvalue weighted by atomic mass is 9.91. The predicted molar refractivity (Wildman–Crippen MR) is 144 cm³/mol. The zero-order valence-corrected chi connectivity index (χ0v) is 21.6. The summed E-state index contributed by atoms with van der Waals surface area (Å²) in [4.78, 5) is 16.0. The number of thiocarbonyl (C=S) groups is 1. The maximum absolute atomic E-state index is 11.7. The van der Waals surface area contributed by atoms with Gasteiger partial charge in [0.15, 0.2) is 17.3 Å². The minimum absolute atomic E-state index is 0.194. The van der Waals surface area contributed by atoms with E-state index in [-0.39, 0.29) is 6.61 Å². The van der Waals surface area contributed by atoms with E-state index in [4.69, 9.17) is 31.2 Å². The maximum Gasteiger partial charge on any atom is 0.344 e. The molecule has 1 aliphatic rings. The fourth-order valence-corrected chi connectivity index (χ4v) is 3.91. The molecule has 0 saturated heterocycles. The van der Waals surface area contributed by atoms with Gasteiger partial charge >= 0.3 is 5.97 Å². The van der Waals surface area contributed by atoms with Crippen LogP contribution in [0.2, 0.25) is 0 Å². The third-order valence-corrected chi connectivity index (χ3v) is 5.72. The molecule has 0 spiro atoms. The van der Waals surface area contributed by atoms with Gasteiger partial charge in [-0.15, -0.1) is 0 Å². The van der Waals surface area contributed by atoms with Crippen LogP contribution in [-0.4, -0.2) is 36.4 Å². The number of methoxy groups -OCH3 is 1. The van der Waals surface area contributed by atoms with Crippen LogP contribution in [0.25, 0.3) is 5.70 Å². The summed E-state index contributed by atoms with van der Waals surface area (Å²) in [5, 5.41) is 3.47. The van der Waals surface area contributed by atoms with E-state index >= 15 is 0 Å². The minimum atomic E-state index is -0.805. The Morgan fingerprint density at radius 3 is 2.76 bits per heavy atom. The van der Waals surface area contributed by atoms with E-state index in [1.807, 2.05) is 49.4 Å². The number of pyridine rings is 1. The van der Waals surface area contributed by atoms with E-state index in [2.05, 4.69) is 21.2 Å². The first kappa shape index (κ1) is 25.8. The number of anilines is 1. The van der Waals surface area contributed by atoms with Crippen LogP contribution < -0.4 is 30.4 Å². The van der Waals surface area contributed by atoms with Crippen molar-refractivity contribution < 1.29 is 23.7 Å². The first-order valence-corrected chi connectivity index (χ1v) is 12.0. The van der Waals surface area contributed by atoms with Gasteiger partial charge in [-0.1, -0.05) is 12.1 Å². The fraction of sp³-hybridized carbons (Fsp3) is 0.222. The molecule has 0 aliphatic carbocycles. The normalized spacial score (nSPS) is 15.8. The lowest BCUT2D eigenvalue weighted by molar-refractivity contribution is -0.145. The van der Waals surface area contributed by atoms with E-state index in [9.17, 15) is 4.79 Å². The number of hydrogen-bond acceptors (Lipinski definition) is 8. The van der Waals surface area contributed by atoms with E-state index in [1.54, 1.807) is 44.6 Å². The molecule has 1 unspecified atom stereocenters. The zero-order valence-electron chi connectivity index (χ0n) is 20.7. The number of carbonyl (C=O) groups excluding carboxylic acids is 1. The molecule has 0 radical (unpaired) electrons. The van der Waals surface area contributed by atoms with Crippen LogP contribution in [0.1, 0.15) is 25.0 Å². The highest BCUT2D eigenvalue weighted by Gasteiger charge is 2.33. The molecule has 10 heteroatoms. The Labute approximate surface area is 220 Å². The quantitative estimate of drug-likeness (QED) is 0.216. The average molecular weight is 521 g/mol. The monoisotopic (exact) mass is 520 g/mol. The van der Waals surface area contributed by atoms with E-state index in [1.165, 1.54) is 0 Å². The van der Waals surface area contributed by atoms with Crippen molar-refractivity contribution >= 4 is 34.7 Å². The van der Waals surface area contributed by atoms with Crippen LogP contribution in [0, 0.1) is 0 Å². The van der Waals surface area contributed by atoms with E-state index in [0.717, 1.165) is 16.8 Å². The number of benzene rings is 2. The van der Waals surface area contributed by atoms with Crippen molar-refractivity contribution in [2.24, 2.45) is 0 Å². The maximum atomic E-state index is 11.7. The number of carbonyl (C=O) groups is 1. The third kappa shape index (κ3) is 6.47. The topological polar surface area (TPSA) is 103 Å². The molecule has 9 nitrogen and oxygen atoms in total. The molecule has 0 amide bonds. The van der Waals surface area contributed by atoms with Crippen molar-refractivity contribution in [2.45, 2.75) is 19.4 Å². The van der Waals surface area contributed by atoms with Gasteiger partial charge in [-0.05, 0) is 68.5 Å². The summed E-state index contributed by atoms with van der Waals surface area (Å²) in [6.45, 7) is 3.79. The predicted octanol–water partition coefficient (Wildman–Crippen LogP) is 4.17. The van der Waals surface area contributed by atoms with Gasteiger partial charge in [0.05, 0.1) is 19.4 Å². The van der Waals surface area contributed by atoms with Gasteiger partial charge in [0.2, 0.25) is 0 Å². The largest absolute Gasteiger partial charge is 0.497 e. The highest BCUT2D eigenvalue weighted by Crippen LogP contribution is 2.41. The molecule has 2 aromatic carbocycles. The van der Waals surface area contributed by atoms with Crippen LogP contribution in [0.15, 0.2) is 73.1 Å². The van der Waals surface area contributed by atoms with Gasteiger partial charge in [-0.3, -0.25) is 15.8 Å². The van der Waals surface area contributed by atoms with Crippen molar-refractivity contribution in [2.75, 3.05) is 25.6 Å². The fourth-order valence-electron chi connectivity index (χ4n) is 3.74. The van der Waals surface area contributed by atoms with E-state index < -0.39 is 11.6 Å². The van der Waals surface area contributed by atoms with Crippen LogP contribution in [0.3, 0.4) is 0 Å². The van der Waals surface area contributed by atoms with Crippen molar-refractivity contribution in [3.63, 3.8) is 0 Å². The molecule has 1 aliphatic heterocycles. The Bertz CT molecular complexity index is 1300. The van der Waals surface area contributed by atoms with Gasteiger partial charge in [0, 0.05) is 35.3 Å². The highest BCUT2D eigenvalue weighted by atomic mass is 32.1. The van der Waals surface area contributed by atoms with Gasteiger partial charge < -0.3 is 24.3 Å². The third-order valence-electron chi connectivity index (χ3n) is 5.52. The number of ether oxygens (including phenoxy) is 4. The summed E-state index contributed by atoms with van der Waals surface area (Å²) in [6, 6.07) is 16.6. The number of hydrazine groups is 1. The molecule has 0 fully saturated rings. The Balaban J connectivity index is 1.57. The number of fused-ring (bicyclic) bond motifs is 1. The van der Waals surface area contributed by atoms with Crippen molar-refractivity contribution in [3.05, 3.63) is 84.2 Å². The summed E-state index contributed by atoms with van der Waals surface area (Å²) >= 11 is 5.48. The first-order valence-electron chi connectivity index (χ1n) is 11.6. The zero-order chi connectivity index (χ0) is 26.3. The number of esters is 1. The minimum Gasteiger partial charge on any atom is -0.497 e. The lowest BCUT2D eigenvalue weighted by Crippen LogP contribution is -2.41. The number of rotatable bonds is 9. The molecule has 3 N–H and O–H groups in total. The highest BCUT2D eigenvalue weighted by molar-refractivity contribution is 7.80. The van der Waals surface area contributed by atoms with Crippen LogP contribution in [0.5, 0.6) is 17.2 Å². The molecule has 3 aromatic rings. The molecule has 1 atom stereocenters. The van der Waals surface area contributed by atoms with Crippen molar-refractivity contribution in [1.29, 1.82) is 0 Å². The van der Waals surface area contributed by atoms with E-state index in [0.29, 0.717) is 34.7 Å². The second-order valence-corrected chi connectivity index (χ2v) is 8.60. The van der Waals surface area contributed by atoms with Gasteiger partial charge in [0.1, 0.15) is 17.2 Å². The molecular formula is C27H28N4O5S. The van der Waals surface area contributed by atoms with Crippen LogP contribution in [-0.2, 0) is 15.1 Å². The number of nitrogens with zero attached hydrogens (tertiary/aromatic N) is 1. The van der Waals surface area contributed by atoms with Gasteiger partial charge in [0.25, 0.3) is 0 Å². The summed E-state index contributed by atoms with van der Waals surface area (Å²) < 4.78 is 22.2. The van der Waals surface area contributed by atoms with Crippen molar-refractivity contribution in [3.8, 4) is 17.2 Å². The Hall–Kier alpha value is -4.31. The van der Waals surface area contributed by atoms with Crippen LogP contribution >= 0.6 is 12.2 Å². The summed E-state index contributed by atoms with van der Waals surface area (Å²) in [5.74, 6) is 1.38. The number of aromatic nitrogens is 1. The van der Waals surface area contributed by atoms with Gasteiger partial charge in [-0.2, -0.15) is 0 Å². The first-order chi connectivity index (χ1) is 17.9. The molecule has 37 heavy (non-hydrogen) atoms. The molecule has 192 valence electrons. The molecule has 2 heterocycles. The lowest BCUT2D eigenvalue weighted by Gasteiger charge is -2.34. The standard InChI is InChI=1S/C27H28N4O5S/c1-4-34-25(32)17-35-21-10-11-24-22(14-21)23(15-27(2,36-24)18-7-6-12-28-16-18)30-31-26(37)29-19-8-5-9-20(13-19)33-3/h5-16,30H,4,17H2,1-3H3,(H2,29,31,37). The molecule has 0 bridgehead atoms. The second kappa shape index (κ2) is 11.6.